The van der Waals surface area contributed by atoms with E-state index in [1.54, 1.807) is 12.1 Å². The van der Waals surface area contributed by atoms with Crippen molar-refractivity contribution >= 4 is 33.3 Å². The molecule has 0 N–H and O–H groups in total. The van der Waals surface area contributed by atoms with Crippen molar-refractivity contribution in [3.63, 3.8) is 0 Å². The smallest absolute Gasteiger partial charge is 0.297 e. The molecular weight excluding hydrogens is 426 g/mol. The molecule has 1 aliphatic heterocycles. The molecule has 162 valence electrons. The highest BCUT2D eigenvalue weighted by molar-refractivity contribution is 7.15. The lowest BCUT2D eigenvalue weighted by atomic mass is 9.98. The van der Waals surface area contributed by atoms with Crippen molar-refractivity contribution in [1.29, 1.82) is 0 Å². The first-order valence-electron chi connectivity index (χ1n) is 10.5. The van der Waals surface area contributed by atoms with Gasteiger partial charge in [-0.2, -0.15) is 0 Å². The summed E-state index contributed by atoms with van der Waals surface area (Å²) in [6.07, 6.45) is 0.709. The quantitative estimate of drug-likeness (QED) is 0.442. The molecule has 5 rings (SSSR count). The van der Waals surface area contributed by atoms with E-state index in [9.17, 15) is 9.59 Å². The maximum Gasteiger partial charge on any atom is 0.297 e. The molecule has 1 atom stereocenters. The van der Waals surface area contributed by atoms with E-state index in [1.807, 2.05) is 51.1 Å². The van der Waals surface area contributed by atoms with Crippen LogP contribution < -0.4 is 15.1 Å². The number of aryl methyl sites for hydroxylation is 2. The van der Waals surface area contributed by atoms with Gasteiger partial charge in [0.2, 0.25) is 10.9 Å². The summed E-state index contributed by atoms with van der Waals surface area (Å²) >= 11 is 1.34. The third-order valence-corrected chi connectivity index (χ3v) is 6.56. The van der Waals surface area contributed by atoms with E-state index >= 15 is 0 Å². The third-order valence-electron chi connectivity index (χ3n) is 5.50. The Morgan fingerprint density at radius 3 is 2.56 bits per heavy atom. The fourth-order valence-electron chi connectivity index (χ4n) is 4.00. The molecule has 3 heterocycles. The highest BCUT2D eigenvalue weighted by Crippen LogP contribution is 2.42. The predicted molar refractivity (Wildman–Crippen MR) is 123 cm³/mol. The molecule has 0 saturated carbocycles. The van der Waals surface area contributed by atoms with Crippen molar-refractivity contribution in [3.8, 4) is 5.75 Å². The van der Waals surface area contributed by atoms with Crippen LogP contribution in [0.4, 0.5) is 5.13 Å². The summed E-state index contributed by atoms with van der Waals surface area (Å²) in [5, 5.41) is 10.1. The summed E-state index contributed by atoms with van der Waals surface area (Å²) in [5.41, 5.74) is 2.23. The highest BCUT2D eigenvalue weighted by Gasteiger charge is 2.45. The number of hydrogen-bond acceptors (Lipinski definition) is 7. The predicted octanol–water partition coefficient (Wildman–Crippen LogP) is 4.66. The van der Waals surface area contributed by atoms with Gasteiger partial charge in [-0.3, -0.25) is 14.5 Å². The Bertz CT molecular complexity index is 1390. The number of benzene rings is 2. The lowest BCUT2D eigenvalue weighted by molar-refractivity contribution is 0.0970. The Labute approximate surface area is 188 Å². The van der Waals surface area contributed by atoms with Gasteiger partial charge in [0.05, 0.1) is 23.6 Å². The number of aromatic nitrogens is 2. The summed E-state index contributed by atoms with van der Waals surface area (Å²) in [6, 6.07) is 12.1. The van der Waals surface area contributed by atoms with Crippen molar-refractivity contribution in [1.82, 2.24) is 10.2 Å². The second kappa shape index (κ2) is 7.87. The molecule has 7 nitrogen and oxygen atoms in total. The summed E-state index contributed by atoms with van der Waals surface area (Å²) in [4.78, 5) is 28.7. The number of rotatable bonds is 5. The van der Waals surface area contributed by atoms with Gasteiger partial charge in [0, 0.05) is 0 Å². The number of anilines is 1. The van der Waals surface area contributed by atoms with Gasteiger partial charge in [-0.05, 0) is 50.1 Å². The van der Waals surface area contributed by atoms with Crippen molar-refractivity contribution in [2.45, 2.75) is 33.2 Å². The number of amides is 1. The Kier molecular flexibility index (Phi) is 5.01. The van der Waals surface area contributed by atoms with Gasteiger partial charge < -0.3 is 9.15 Å². The topological polar surface area (TPSA) is 85.5 Å². The van der Waals surface area contributed by atoms with E-state index in [2.05, 4.69) is 10.2 Å². The lowest BCUT2D eigenvalue weighted by Crippen LogP contribution is -2.29. The molecule has 2 aromatic heterocycles. The number of carbonyl (C=O) groups excluding carboxylic acids is 1. The zero-order valence-electron chi connectivity index (χ0n) is 17.9. The Morgan fingerprint density at radius 2 is 1.88 bits per heavy atom. The number of carbonyl (C=O) groups is 1. The van der Waals surface area contributed by atoms with Crippen LogP contribution in [0.3, 0.4) is 0 Å². The second-order valence-corrected chi connectivity index (χ2v) is 8.63. The maximum atomic E-state index is 13.6. The number of ether oxygens (including phenoxy) is 1. The van der Waals surface area contributed by atoms with E-state index in [0.29, 0.717) is 34.7 Å². The van der Waals surface area contributed by atoms with E-state index in [0.717, 1.165) is 21.9 Å². The molecule has 0 spiro atoms. The van der Waals surface area contributed by atoms with Gasteiger partial charge in [0.25, 0.3) is 5.91 Å². The molecule has 1 amide bonds. The number of nitrogens with zero attached hydrogens (tertiary/aromatic N) is 3. The first-order chi connectivity index (χ1) is 15.5. The molecule has 0 aliphatic carbocycles. The first kappa shape index (κ1) is 20.4. The molecule has 1 aliphatic rings. The van der Waals surface area contributed by atoms with Crippen LogP contribution in [-0.4, -0.2) is 22.7 Å². The van der Waals surface area contributed by atoms with Crippen molar-refractivity contribution < 1.29 is 13.9 Å². The normalized spacial score (nSPS) is 15.4. The van der Waals surface area contributed by atoms with Crippen LogP contribution in [0.5, 0.6) is 5.75 Å². The molecule has 2 aromatic carbocycles. The maximum absolute atomic E-state index is 13.6. The summed E-state index contributed by atoms with van der Waals surface area (Å²) in [7, 11) is 0. The van der Waals surface area contributed by atoms with E-state index in [4.69, 9.17) is 9.15 Å². The van der Waals surface area contributed by atoms with Crippen molar-refractivity contribution in [2.24, 2.45) is 0 Å². The Morgan fingerprint density at radius 1 is 1.09 bits per heavy atom. The molecule has 4 aromatic rings. The molecule has 0 fully saturated rings. The summed E-state index contributed by atoms with van der Waals surface area (Å²) < 4.78 is 11.5. The van der Waals surface area contributed by atoms with E-state index in [-0.39, 0.29) is 11.2 Å². The first-order valence-corrected chi connectivity index (χ1v) is 11.3. The molecule has 0 saturated heterocycles. The van der Waals surface area contributed by atoms with Crippen molar-refractivity contribution in [2.75, 3.05) is 11.5 Å². The summed E-state index contributed by atoms with van der Waals surface area (Å²) in [5.74, 6) is 0.383. The standard InChI is InChI=1S/C24H21N3O4S/c1-4-18-25-26-24(32-18)27-20(14-7-9-15(10-8-14)30-5-2)19-21(28)16-12-13(3)6-11-17(16)31-22(19)23(27)29/h6-12,20H,4-5H2,1-3H3/t20-/m1/s1. The minimum atomic E-state index is -0.660. The molecule has 0 radical (unpaired) electrons. The van der Waals surface area contributed by atoms with Gasteiger partial charge in [-0.25, -0.2) is 0 Å². The van der Waals surface area contributed by atoms with Gasteiger partial charge >= 0.3 is 0 Å². The van der Waals surface area contributed by atoms with Crippen LogP contribution in [0.1, 0.15) is 52.1 Å². The van der Waals surface area contributed by atoms with Crippen LogP contribution in [-0.2, 0) is 6.42 Å². The molecule has 0 unspecified atom stereocenters. The third kappa shape index (κ3) is 3.18. The monoisotopic (exact) mass is 447 g/mol. The fourth-order valence-corrected chi connectivity index (χ4v) is 4.80. The van der Waals surface area contributed by atoms with Crippen LogP contribution >= 0.6 is 11.3 Å². The Hall–Kier alpha value is -3.52. The largest absolute Gasteiger partial charge is 0.494 e. The van der Waals surface area contributed by atoms with Gasteiger partial charge in [0.15, 0.2) is 5.43 Å². The lowest BCUT2D eigenvalue weighted by Gasteiger charge is -2.22. The van der Waals surface area contributed by atoms with Crippen LogP contribution in [0.2, 0.25) is 0 Å². The molecule has 32 heavy (non-hydrogen) atoms. The zero-order chi connectivity index (χ0) is 22.4. The van der Waals surface area contributed by atoms with E-state index in [1.165, 1.54) is 16.2 Å². The second-order valence-electron chi connectivity index (χ2n) is 7.59. The van der Waals surface area contributed by atoms with Crippen LogP contribution in [0.25, 0.3) is 11.0 Å². The number of fused-ring (bicyclic) bond motifs is 2. The van der Waals surface area contributed by atoms with Crippen molar-refractivity contribution in [3.05, 3.63) is 80.1 Å². The zero-order valence-corrected chi connectivity index (χ0v) is 18.7. The molecular formula is C24H21N3O4S. The molecule has 0 bridgehead atoms. The fraction of sp³-hybridized carbons (Fsp3) is 0.250. The van der Waals surface area contributed by atoms with Gasteiger partial charge in [-0.15, -0.1) is 10.2 Å². The highest BCUT2D eigenvalue weighted by atomic mass is 32.1. The van der Waals surface area contributed by atoms with Crippen LogP contribution in [0.15, 0.2) is 51.7 Å². The number of hydrogen-bond donors (Lipinski definition) is 0. The molecule has 8 heteroatoms. The minimum absolute atomic E-state index is 0.0542. The Balaban J connectivity index is 1.75. The van der Waals surface area contributed by atoms with E-state index < -0.39 is 11.9 Å². The minimum Gasteiger partial charge on any atom is -0.494 e. The van der Waals surface area contributed by atoms with Gasteiger partial charge in [-0.1, -0.05) is 42.0 Å². The summed E-state index contributed by atoms with van der Waals surface area (Å²) in [6.45, 7) is 6.37. The van der Waals surface area contributed by atoms with Gasteiger partial charge in [0.1, 0.15) is 16.3 Å². The average molecular weight is 448 g/mol. The SMILES string of the molecule is CCOc1ccc([C@@H]2c3c(oc4ccc(C)cc4c3=O)C(=O)N2c2nnc(CC)s2)cc1. The van der Waals surface area contributed by atoms with Crippen LogP contribution in [0, 0.1) is 6.92 Å². The average Bonchev–Trinajstić information content (AvgIpc) is 3.38.